The highest BCUT2D eigenvalue weighted by Gasteiger charge is 2.21. The van der Waals surface area contributed by atoms with E-state index in [9.17, 15) is 16.8 Å². The number of rotatable bonds is 11. The normalized spacial score (nSPS) is 12.8. The van der Waals surface area contributed by atoms with Crippen LogP contribution in [0.5, 0.6) is 0 Å². The van der Waals surface area contributed by atoms with Gasteiger partial charge in [0.05, 0.1) is 11.5 Å². The summed E-state index contributed by atoms with van der Waals surface area (Å²) in [5.74, 6) is -0.449. The highest BCUT2D eigenvalue weighted by Crippen LogP contribution is 2.09. The lowest BCUT2D eigenvalue weighted by atomic mass is 10.2. The molecule has 0 aliphatic carbocycles. The Bertz CT molecular complexity index is 397. The van der Waals surface area contributed by atoms with Crippen LogP contribution in [0.4, 0.5) is 0 Å². The Morgan fingerprint density at radius 3 is 1.50 bits per heavy atom. The molecule has 0 aliphatic rings. The van der Waals surface area contributed by atoms with Gasteiger partial charge >= 0.3 is 0 Å². The lowest BCUT2D eigenvalue weighted by Gasteiger charge is -2.05. The van der Waals surface area contributed by atoms with Crippen molar-refractivity contribution < 1.29 is 20.5 Å². The lowest BCUT2D eigenvalue weighted by molar-refractivity contribution is 0.458. The molecule has 5 nitrogen and oxygen atoms in total. The molecule has 0 rings (SSSR count). The molecule has 0 saturated carbocycles. The van der Waals surface area contributed by atoms with Crippen molar-refractivity contribution >= 4 is 20.2 Å². The molecule has 0 amide bonds. The lowest BCUT2D eigenvalue weighted by Crippen LogP contribution is -2.19. The molecule has 0 radical (unpaired) electrons. The largest absolute Gasteiger partial charge is 0.281 e. The first-order valence-corrected chi connectivity index (χ1v) is 9.65. The van der Waals surface area contributed by atoms with Gasteiger partial charge in [-0.2, -0.15) is 16.8 Å². The van der Waals surface area contributed by atoms with Crippen molar-refractivity contribution in [2.75, 3.05) is 11.5 Å². The minimum absolute atomic E-state index is 0.222. The minimum atomic E-state index is -3.94. The number of unbranched alkanes of at least 4 members (excludes halogenated alkanes) is 5. The summed E-state index contributed by atoms with van der Waals surface area (Å²) in [7, 11) is -7.89. The van der Waals surface area contributed by atoms with Crippen LogP contribution in [0.2, 0.25) is 0 Å². The fraction of sp³-hybridized carbons (Fsp3) is 1.00. The highest BCUT2D eigenvalue weighted by molar-refractivity contribution is 7.99. The fourth-order valence-electron chi connectivity index (χ4n) is 1.46. The van der Waals surface area contributed by atoms with Crippen molar-refractivity contribution in [3.05, 3.63) is 0 Å². The van der Waals surface area contributed by atoms with E-state index in [0.717, 1.165) is 32.1 Å². The van der Waals surface area contributed by atoms with Crippen LogP contribution < -0.4 is 0 Å². The van der Waals surface area contributed by atoms with Crippen molar-refractivity contribution in [2.24, 2.45) is 0 Å². The first kappa shape index (κ1) is 17.9. The van der Waals surface area contributed by atoms with Gasteiger partial charge in [0.2, 0.25) is 0 Å². The van der Waals surface area contributed by atoms with Gasteiger partial charge in [0.15, 0.2) is 0 Å². The van der Waals surface area contributed by atoms with E-state index in [1.54, 1.807) is 0 Å². The van der Waals surface area contributed by atoms with Crippen LogP contribution in [0, 0.1) is 0 Å². The third kappa shape index (κ3) is 9.85. The summed E-state index contributed by atoms with van der Waals surface area (Å²) in [6, 6.07) is 0. The molecular weight excluding hydrogens is 276 g/mol. The van der Waals surface area contributed by atoms with Gasteiger partial charge in [0.1, 0.15) is 0 Å². The van der Waals surface area contributed by atoms with Crippen molar-refractivity contribution in [1.82, 2.24) is 0 Å². The van der Waals surface area contributed by atoms with Gasteiger partial charge < -0.3 is 0 Å². The van der Waals surface area contributed by atoms with Gasteiger partial charge in [0.25, 0.3) is 20.2 Å². The molecule has 110 valence electrons. The van der Waals surface area contributed by atoms with E-state index in [4.69, 9.17) is 0 Å². The molecule has 0 atom stereocenters. The predicted molar refractivity (Wildman–Crippen MR) is 72.3 cm³/mol. The minimum Gasteiger partial charge on any atom is -0.198 e. The molecule has 0 aromatic rings. The van der Waals surface area contributed by atoms with Crippen LogP contribution in [0.1, 0.15) is 58.8 Å². The second kappa shape index (κ2) is 8.87. The molecular formula is C11H24O5S2. The first-order chi connectivity index (χ1) is 8.33. The van der Waals surface area contributed by atoms with Gasteiger partial charge in [-0.15, -0.1) is 3.63 Å². The van der Waals surface area contributed by atoms with Crippen LogP contribution >= 0.6 is 0 Å². The Morgan fingerprint density at radius 1 is 0.667 bits per heavy atom. The number of hydrogen-bond acceptors (Lipinski definition) is 5. The topological polar surface area (TPSA) is 77.5 Å². The third-order valence-electron chi connectivity index (χ3n) is 2.45. The van der Waals surface area contributed by atoms with Gasteiger partial charge in [-0.25, -0.2) is 0 Å². The summed E-state index contributed by atoms with van der Waals surface area (Å²) in [4.78, 5) is 0. The van der Waals surface area contributed by atoms with Gasteiger partial charge in [-0.3, -0.25) is 0 Å². The standard InChI is InChI=1S/C11H24O5S2/c1-3-5-7-9-11-18(14,15)16-17(12,13)10-8-6-4-2/h3-11H2,1-2H3. The average Bonchev–Trinajstić information content (AvgIpc) is 2.23. The van der Waals surface area contributed by atoms with E-state index in [1.807, 2.05) is 13.8 Å². The van der Waals surface area contributed by atoms with E-state index < -0.39 is 20.2 Å². The summed E-state index contributed by atoms with van der Waals surface area (Å²) < 4.78 is 50.0. The molecule has 18 heavy (non-hydrogen) atoms. The second-order valence-electron chi connectivity index (χ2n) is 4.36. The Kier molecular flexibility index (Phi) is 8.81. The van der Waals surface area contributed by atoms with E-state index in [-0.39, 0.29) is 11.5 Å². The molecule has 0 bridgehead atoms. The summed E-state index contributed by atoms with van der Waals surface area (Å²) >= 11 is 0. The average molecular weight is 300 g/mol. The fourth-order valence-corrected chi connectivity index (χ4v) is 4.38. The molecule has 0 N–H and O–H groups in total. The predicted octanol–water partition coefficient (Wildman–Crippen LogP) is 2.43. The van der Waals surface area contributed by atoms with Crippen LogP contribution in [0.15, 0.2) is 0 Å². The highest BCUT2D eigenvalue weighted by atomic mass is 32.3. The maximum absolute atomic E-state index is 11.4. The Morgan fingerprint density at radius 2 is 1.06 bits per heavy atom. The van der Waals surface area contributed by atoms with Crippen LogP contribution in [-0.2, 0) is 23.9 Å². The SMILES string of the molecule is CCCCCCS(=O)(=O)OS(=O)(=O)CCCCC. The molecule has 7 heteroatoms. The van der Waals surface area contributed by atoms with E-state index in [2.05, 4.69) is 3.63 Å². The summed E-state index contributed by atoms with van der Waals surface area (Å²) in [5, 5.41) is 0. The summed E-state index contributed by atoms with van der Waals surface area (Å²) in [6.45, 7) is 3.96. The Labute approximate surface area is 111 Å². The van der Waals surface area contributed by atoms with E-state index in [1.165, 1.54) is 0 Å². The van der Waals surface area contributed by atoms with Crippen LogP contribution in [-0.4, -0.2) is 28.3 Å². The molecule has 0 aromatic carbocycles. The Balaban J connectivity index is 4.13. The quantitative estimate of drug-likeness (QED) is 0.548. The van der Waals surface area contributed by atoms with Crippen molar-refractivity contribution in [1.29, 1.82) is 0 Å². The monoisotopic (exact) mass is 300 g/mol. The maximum Gasteiger partial charge on any atom is 0.281 e. The zero-order valence-corrected chi connectivity index (χ0v) is 12.9. The van der Waals surface area contributed by atoms with Gasteiger partial charge in [-0.05, 0) is 12.8 Å². The van der Waals surface area contributed by atoms with Crippen molar-refractivity contribution in [3.63, 3.8) is 0 Å². The van der Waals surface area contributed by atoms with Crippen LogP contribution in [0.25, 0.3) is 0 Å². The van der Waals surface area contributed by atoms with Gasteiger partial charge in [0, 0.05) is 0 Å². The molecule has 0 aromatic heterocycles. The zero-order chi connectivity index (χ0) is 14.1. The summed E-state index contributed by atoms with van der Waals surface area (Å²) in [6.07, 6.45) is 5.22. The molecule has 0 heterocycles. The molecule has 0 fully saturated rings. The summed E-state index contributed by atoms with van der Waals surface area (Å²) in [5.41, 5.74) is 0. The zero-order valence-electron chi connectivity index (χ0n) is 11.2. The van der Waals surface area contributed by atoms with Crippen LogP contribution in [0.3, 0.4) is 0 Å². The van der Waals surface area contributed by atoms with Crippen molar-refractivity contribution in [2.45, 2.75) is 58.8 Å². The molecule has 0 aliphatic heterocycles. The Hall–Kier alpha value is -0.140. The van der Waals surface area contributed by atoms with Crippen molar-refractivity contribution in [3.8, 4) is 0 Å². The van der Waals surface area contributed by atoms with Gasteiger partial charge in [-0.1, -0.05) is 46.0 Å². The molecule has 0 unspecified atom stereocenters. The molecule has 0 spiro atoms. The molecule has 0 saturated heterocycles. The second-order valence-corrected chi connectivity index (χ2v) is 7.95. The third-order valence-corrected chi connectivity index (χ3v) is 5.69. The van der Waals surface area contributed by atoms with E-state index >= 15 is 0 Å². The smallest absolute Gasteiger partial charge is 0.198 e. The van der Waals surface area contributed by atoms with E-state index in [0.29, 0.717) is 12.8 Å². The maximum atomic E-state index is 11.4. The number of hydrogen-bond donors (Lipinski definition) is 0. The first-order valence-electron chi connectivity index (χ1n) is 6.49.